The number of aromatic hydroxyl groups is 3. The summed E-state index contributed by atoms with van der Waals surface area (Å²) in [7, 11) is 2.76. The van der Waals surface area contributed by atoms with Crippen LogP contribution in [0.1, 0.15) is 23.5 Å². The number of methoxy groups -OCH3 is 2. The van der Waals surface area contributed by atoms with Crippen LogP contribution in [-0.2, 0) is 9.53 Å². The van der Waals surface area contributed by atoms with Gasteiger partial charge < -0.3 is 38.8 Å². The fourth-order valence-electron chi connectivity index (χ4n) is 5.02. The summed E-state index contributed by atoms with van der Waals surface area (Å²) in [5.41, 5.74) is 0.610. The highest BCUT2D eigenvalue weighted by Gasteiger charge is 2.31. The van der Waals surface area contributed by atoms with E-state index in [1.807, 2.05) is 6.07 Å². The first-order chi connectivity index (χ1) is 19.3. The molecule has 10 heteroatoms. The molecule has 4 aromatic rings. The Morgan fingerprint density at radius 3 is 2.23 bits per heavy atom. The maximum atomic E-state index is 13.5. The second-order valence-electron chi connectivity index (χ2n) is 9.40. The Balaban J connectivity index is 1.77. The lowest BCUT2D eigenvalue weighted by atomic mass is 9.85. The zero-order chi connectivity index (χ0) is 28.4. The first kappa shape index (κ1) is 26.9. The van der Waals surface area contributed by atoms with Gasteiger partial charge in [-0.25, -0.2) is 0 Å². The number of rotatable bonds is 7. The van der Waals surface area contributed by atoms with Crippen LogP contribution in [0.2, 0.25) is 0 Å². The van der Waals surface area contributed by atoms with E-state index in [0.717, 1.165) is 6.07 Å². The van der Waals surface area contributed by atoms with Crippen LogP contribution in [0.4, 0.5) is 0 Å². The Bertz CT molecular complexity index is 1580. The van der Waals surface area contributed by atoms with Crippen molar-refractivity contribution < 1.29 is 38.7 Å². The van der Waals surface area contributed by atoms with Gasteiger partial charge in [-0.2, -0.15) is 0 Å². The van der Waals surface area contributed by atoms with Gasteiger partial charge in [0.25, 0.3) is 0 Å². The third-order valence-electron chi connectivity index (χ3n) is 7.05. The standard InChI is InChI=1S/C30H29NO9/c1-37-24-12-18(13-25(38-2)29(24)36)19(14-26(35)31-8-10-39-11-9-31)27-20(32)15-21(33)28-22(34)16-23(40-30(27)28)17-6-4-3-5-7-17/h3-7,12-13,15-16,19,32-33,36H,8-11,14H2,1-2H3/t19-/m1/s1. The van der Waals surface area contributed by atoms with E-state index < -0.39 is 17.1 Å². The highest BCUT2D eigenvalue weighted by Crippen LogP contribution is 2.46. The average molecular weight is 548 g/mol. The molecule has 3 N–H and O–H groups in total. The highest BCUT2D eigenvalue weighted by atomic mass is 16.5. The molecule has 0 aliphatic carbocycles. The van der Waals surface area contributed by atoms with Gasteiger partial charge in [0, 0.05) is 48.7 Å². The Hall–Kier alpha value is -4.70. The molecule has 0 saturated carbocycles. The normalized spacial score (nSPS) is 14.2. The van der Waals surface area contributed by atoms with Crippen LogP contribution in [0.25, 0.3) is 22.3 Å². The second-order valence-corrected chi connectivity index (χ2v) is 9.40. The predicted octanol–water partition coefficient (Wildman–Crippen LogP) is 3.97. The molecule has 1 atom stereocenters. The maximum Gasteiger partial charge on any atom is 0.223 e. The van der Waals surface area contributed by atoms with Crippen molar-refractivity contribution in [2.75, 3.05) is 40.5 Å². The van der Waals surface area contributed by atoms with Crippen molar-refractivity contribution >= 4 is 16.9 Å². The van der Waals surface area contributed by atoms with E-state index in [0.29, 0.717) is 37.4 Å². The monoisotopic (exact) mass is 547 g/mol. The van der Waals surface area contributed by atoms with Gasteiger partial charge in [0.05, 0.1) is 27.4 Å². The van der Waals surface area contributed by atoms with Crippen LogP contribution < -0.4 is 14.9 Å². The van der Waals surface area contributed by atoms with Crippen LogP contribution in [0.5, 0.6) is 28.7 Å². The van der Waals surface area contributed by atoms with E-state index >= 15 is 0 Å². The Labute approximate surface area is 229 Å². The number of hydrogen-bond acceptors (Lipinski definition) is 9. The minimum Gasteiger partial charge on any atom is -0.507 e. The number of benzene rings is 3. The molecule has 1 amide bonds. The van der Waals surface area contributed by atoms with E-state index in [1.165, 1.54) is 32.4 Å². The molecule has 0 unspecified atom stereocenters. The van der Waals surface area contributed by atoms with Crippen LogP contribution in [-0.4, -0.2) is 66.6 Å². The number of amides is 1. The number of hydrogen-bond donors (Lipinski definition) is 3. The molecule has 0 bridgehead atoms. The molecular formula is C30H29NO9. The fraction of sp³-hybridized carbons (Fsp3) is 0.267. The molecule has 1 aliphatic heterocycles. The molecule has 2 heterocycles. The van der Waals surface area contributed by atoms with Crippen molar-refractivity contribution in [3.8, 4) is 40.1 Å². The number of carbonyl (C=O) groups excluding carboxylic acids is 1. The molecule has 1 saturated heterocycles. The lowest BCUT2D eigenvalue weighted by Crippen LogP contribution is -2.41. The summed E-state index contributed by atoms with van der Waals surface area (Å²) >= 11 is 0. The molecular weight excluding hydrogens is 518 g/mol. The fourth-order valence-corrected chi connectivity index (χ4v) is 5.02. The molecule has 0 radical (unpaired) electrons. The smallest absolute Gasteiger partial charge is 0.223 e. The van der Waals surface area contributed by atoms with Crippen molar-refractivity contribution in [3.63, 3.8) is 0 Å². The van der Waals surface area contributed by atoms with E-state index in [1.54, 1.807) is 29.2 Å². The Kier molecular flexibility index (Phi) is 7.52. The average Bonchev–Trinajstić information content (AvgIpc) is 2.97. The molecule has 10 nitrogen and oxygen atoms in total. The lowest BCUT2D eigenvalue weighted by Gasteiger charge is -2.29. The molecule has 208 valence electrons. The molecule has 1 aromatic heterocycles. The highest BCUT2D eigenvalue weighted by molar-refractivity contribution is 5.91. The van der Waals surface area contributed by atoms with Gasteiger partial charge in [-0.1, -0.05) is 30.3 Å². The zero-order valence-corrected chi connectivity index (χ0v) is 22.0. The molecule has 3 aromatic carbocycles. The third kappa shape index (κ3) is 5.01. The summed E-state index contributed by atoms with van der Waals surface area (Å²) < 4.78 is 22.3. The van der Waals surface area contributed by atoms with Gasteiger partial charge in [0.1, 0.15) is 28.2 Å². The summed E-state index contributed by atoms with van der Waals surface area (Å²) in [4.78, 5) is 28.5. The number of nitrogens with zero attached hydrogens (tertiary/aromatic N) is 1. The summed E-state index contributed by atoms with van der Waals surface area (Å²) in [6.07, 6.45) is -0.135. The van der Waals surface area contributed by atoms with Crippen molar-refractivity contribution in [1.29, 1.82) is 0 Å². The first-order valence-electron chi connectivity index (χ1n) is 12.7. The summed E-state index contributed by atoms with van der Waals surface area (Å²) in [5.74, 6) is -1.77. The predicted molar refractivity (Wildman–Crippen MR) is 146 cm³/mol. The van der Waals surface area contributed by atoms with E-state index in [4.69, 9.17) is 18.6 Å². The van der Waals surface area contributed by atoms with Gasteiger partial charge in [-0.05, 0) is 17.7 Å². The zero-order valence-electron chi connectivity index (χ0n) is 22.0. The van der Waals surface area contributed by atoms with Crippen molar-refractivity contribution in [2.45, 2.75) is 12.3 Å². The summed E-state index contributed by atoms with van der Waals surface area (Å²) in [6, 6.07) is 14.3. The number of morpholine rings is 1. The van der Waals surface area contributed by atoms with E-state index in [9.17, 15) is 24.9 Å². The Morgan fingerprint density at radius 1 is 0.950 bits per heavy atom. The Morgan fingerprint density at radius 2 is 1.60 bits per heavy atom. The van der Waals surface area contributed by atoms with Crippen LogP contribution >= 0.6 is 0 Å². The third-order valence-corrected chi connectivity index (χ3v) is 7.05. The van der Waals surface area contributed by atoms with Gasteiger partial charge in [-0.3, -0.25) is 9.59 Å². The molecule has 5 rings (SSSR count). The lowest BCUT2D eigenvalue weighted by molar-refractivity contribution is -0.135. The van der Waals surface area contributed by atoms with E-state index in [2.05, 4.69) is 0 Å². The quantitative estimate of drug-likeness (QED) is 0.314. The van der Waals surface area contributed by atoms with Crippen molar-refractivity contribution in [1.82, 2.24) is 4.90 Å². The molecule has 1 fully saturated rings. The minimum absolute atomic E-state index is 0.0605. The number of phenolic OH excluding ortho intramolecular Hbond substituents is 3. The van der Waals surface area contributed by atoms with Crippen molar-refractivity contribution in [2.24, 2.45) is 0 Å². The van der Waals surface area contributed by atoms with Gasteiger partial charge in [-0.15, -0.1) is 0 Å². The number of fused-ring (bicyclic) bond motifs is 1. The SMILES string of the molecule is COc1cc([C@@H](CC(=O)N2CCOCC2)c2c(O)cc(O)c3c(=O)cc(-c4ccccc4)oc23)cc(OC)c1O. The maximum absolute atomic E-state index is 13.5. The van der Waals surface area contributed by atoms with Gasteiger partial charge in [0.15, 0.2) is 16.9 Å². The number of ether oxygens (including phenoxy) is 3. The summed E-state index contributed by atoms with van der Waals surface area (Å²) in [5, 5.41) is 32.3. The molecule has 0 spiro atoms. The summed E-state index contributed by atoms with van der Waals surface area (Å²) in [6.45, 7) is 1.62. The largest absolute Gasteiger partial charge is 0.507 e. The number of carbonyl (C=O) groups is 1. The van der Waals surface area contributed by atoms with E-state index in [-0.39, 0.29) is 57.6 Å². The van der Waals surface area contributed by atoms with Gasteiger partial charge in [0.2, 0.25) is 11.7 Å². The van der Waals surface area contributed by atoms with Crippen LogP contribution in [0, 0.1) is 0 Å². The molecule has 1 aliphatic rings. The topological polar surface area (TPSA) is 139 Å². The number of phenols is 3. The van der Waals surface area contributed by atoms with Gasteiger partial charge >= 0.3 is 0 Å². The second kappa shape index (κ2) is 11.2. The molecule has 40 heavy (non-hydrogen) atoms. The van der Waals surface area contributed by atoms with Crippen LogP contribution in [0.3, 0.4) is 0 Å². The van der Waals surface area contributed by atoms with Crippen molar-refractivity contribution in [3.05, 3.63) is 75.9 Å². The van der Waals surface area contributed by atoms with Crippen LogP contribution in [0.15, 0.2) is 63.8 Å². The minimum atomic E-state index is -0.893. The first-order valence-corrected chi connectivity index (χ1v) is 12.7.